The van der Waals surface area contributed by atoms with Crippen LogP contribution in [0, 0.1) is 0 Å². The van der Waals surface area contributed by atoms with Gasteiger partial charge in [-0.05, 0) is 37.8 Å². The van der Waals surface area contributed by atoms with Crippen LogP contribution >= 0.6 is 11.6 Å². The average molecular weight is 265 g/mol. The van der Waals surface area contributed by atoms with E-state index in [4.69, 9.17) is 17.3 Å². The van der Waals surface area contributed by atoms with Gasteiger partial charge in [0.05, 0.1) is 10.6 Å². The summed E-state index contributed by atoms with van der Waals surface area (Å²) in [5.41, 5.74) is 7.98. The van der Waals surface area contributed by atoms with Gasteiger partial charge < -0.3 is 11.1 Å². The van der Waals surface area contributed by atoms with Crippen molar-refractivity contribution in [3.8, 4) is 0 Å². The Morgan fingerprint density at radius 1 is 1.44 bits per heavy atom. The molecule has 2 rings (SSSR count). The zero-order valence-electron chi connectivity index (χ0n) is 10.2. The van der Waals surface area contributed by atoms with Gasteiger partial charge in [0.1, 0.15) is 0 Å². The van der Waals surface area contributed by atoms with Gasteiger partial charge in [0, 0.05) is 12.2 Å². The van der Waals surface area contributed by atoms with E-state index in [2.05, 4.69) is 11.4 Å². The quantitative estimate of drug-likeness (QED) is 0.648. The van der Waals surface area contributed by atoms with E-state index >= 15 is 0 Å². The molecule has 0 atom stereocenters. The molecule has 1 aliphatic carbocycles. The highest BCUT2D eigenvalue weighted by molar-refractivity contribution is 6.34. The fourth-order valence-corrected chi connectivity index (χ4v) is 2.44. The minimum absolute atomic E-state index is 0.198. The van der Waals surface area contributed by atoms with Crippen LogP contribution in [0.25, 0.3) is 0 Å². The molecule has 1 aromatic carbocycles. The molecule has 0 aromatic heterocycles. The Hall–Kier alpha value is -1.48. The lowest BCUT2D eigenvalue weighted by molar-refractivity contribution is 0.0955. The number of nitrogens with two attached hydrogens (primary N) is 1. The number of carbonyl (C=O) groups is 1. The molecule has 4 heteroatoms. The molecule has 0 spiro atoms. The third-order valence-corrected chi connectivity index (χ3v) is 3.45. The van der Waals surface area contributed by atoms with Crippen molar-refractivity contribution in [2.75, 3.05) is 12.3 Å². The lowest BCUT2D eigenvalue weighted by atomic mass is 10.1. The van der Waals surface area contributed by atoms with Crippen molar-refractivity contribution < 1.29 is 4.79 Å². The van der Waals surface area contributed by atoms with Gasteiger partial charge in [0.25, 0.3) is 5.91 Å². The molecule has 0 heterocycles. The third kappa shape index (κ3) is 3.05. The molecule has 3 nitrogen and oxygen atoms in total. The smallest absolute Gasteiger partial charge is 0.254 e. The van der Waals surface area contributed by atoms with Gasteiger partial charge in [-0.15, -0.1) is 0 Å². The molecule has 1 aromatic rings. The summed E-state index contributed by atoms with van der Waals surface area (Å²) < 4.78 is 0. The van der Waals surface area contributed by atoms with E-state index < -0.39 is 0 Å². The fourth-order valence-electron chi connectivity index (χ4n) is 2.17. The van der Waals surface area contributed by atoms with E-state index in [0.717, 1.165) is 12.8 Å². The molecule has 0 fully saturated rings. The van der Waals surface area contributed by atoms with Crippen molar-refractivity contribution in [1.82, 2.24) is 5.32 Å². The minimum Gasteiger partial charge on any atom is -0.398 e. The van der Waals surface area contributed by atoms with Crippen molar-refractivity contribution in [3.63, 3.8) is 0 Å². The maximum absolute atomic E-state index is 12.0. The van der Waals surface area contributed by atoms with Crippen LogP contribution in [0.1, 0.15) is 36.0 Å². The number of allylic oxidation sites excluding steroid dienone is 1. The lowest BCUT2D eigenvalue weighted by Gasteiger charge is -2.09. The first-order chi connectivity index (χ1) is 8.68. The molecule has 1 amide bonds. The second-order valence-electron chi connectivity index (χ2n) is 4.46. The number of nitrogen functional groups attached to an aromatic ring is 1. The van der Waals surface area contributed by atoms with Crippen molar-refractivity contribution in [1.29, 1.82) is 0 Å². The predicted molar refractivity (Wildman–Crippen MR) is 74.7 cm³/mol. The Bertz CT molecular complexity index is 462. The molecule has 0 bridgehead atoms. The number of halogens is 1. The van der Waals surface area contributed by atoms with Crippen LogP contribution in [-0.2, 0) is 0 Å². The second-order valence-corrected chi connectivity index (χ2v) is 4.87. The highest BCUT2D eigenvalue weighted by Crippen LogP contribution is 2.22. The standard InChI is InChI=1S/C14H17ClN2O/c15-11-6-3-7-12(16)13(11)14(18)17-9-8-10-4-1-2-5-10/h3-4,6-7H,1-2,5,8-9,16H2,(H,17,18). The SMILES string of the molecule is Nc1cccc(Cl)c1C(=O)NCCC1=CCCC1. The summed E-state index contributed by atoms with van der Waals surface area (Å²) in [5.74, 6) is -0.198. The molecular formula is C14H17ClN2O. The largest absolute Gasteiger partial charge is 0.398 e. The van der Waals surface area contributed by atoms with Crippen LogP contribution < -0.4 is 11.1 Å². The zero-order valence-corrected chi connectivity index (χ0v) is 11.0. The number of hydrogen-bond donors (Lipinski definition) is 2. The number of hydrogen-bond acceptors (Lipinski definition) is 2. The van der Waals surface area contributed by atoms with Crippen molar-refractivity contribution in [2.45, 2.75) is 25.7 Å². The fraction of sp³-hybridized carbons (Fsp3) is 0.357. The van der Waals surface area contributed by atoms with E-state index in [-0.39, 0.29) is 5.91 Å². The average Bonchev–Trinajstić information content (AvgIpc) is 2.82. The van der Waals surface area contributed by atoms with E-state index in [1.165, 1.54) is 18.4 Å². The molecule has 96 valence electrons. The van der Waals surface area contributed by atoms with E-state index in [9.17, 15) is 4.79 Å². The highest BCUT2D eigenvalue weighted by Gasteiger charge is 2.13. The second kappa shape index (κ2) is 5.91. The van der Waals surface area contributed by atoms with Gasteiger partial charge in [0.2, 0.25) is 0 Å². The number of amides is 1. The first-order valence-corrected chi connectivity index (χ1v) is 6.56. The Labute approximate surface area is 112 Å². The van der Waals surface area contributed by atoms with Crippen molar-refractivity contribution >= 4 is 23.2 Å². The topological polar surface area (TPSA) is 55.1 Å². The molecule has 0 aliphatic heterocycles. The molecule has 0 unspecified atom stereocenters. The monoisotopic (exact) mass is 264 g/mol. The summed E-state index contributed by atoms with van der Waals surface area (Å²) >= 11 is 5.98. The van der Waals surface area contributed by atoms with Crippen molar-refractivity contribution in [3.05, 3.63) is 40.4 Å². The number of anilines is 1. The number of carbonyl (C=O) groups excluding carboxylic acids is 1. The summed E-state index contributed by atoms with van der Waals surface area (Å²) in [6.45, 7) is 0.634. The first kappa shape index (κ1) is 13.0. The summed E-state index contributed by atoms with van der Waals surface area (Å²) in [5, 5.41) is 3.26. The predicted octanol–water partition coefficient (Wildman–Crippen LogP) is 3.15. The van der Waals surface area contributed by atoms with Gasteiger partial charge >= 0.3 is 0 Å². The van der Waals surface area contributed by atoms with E-state index in [1.807, 2.05) is 0 Å². The van der Waals surface area contributed by atoms with Crippen LogP contribution in [-0.4, -0.2) is 12.5 Å². The van der Waals surface area contributed by atoms with Gasteiger partial charge in [-0.3, -0.25) is 4.79 Å². The Kier molecular flexibility index (Phi) is 4.26. The number of benzene rings is 1. The van der Waals surface area contributed by atoms with Crippen LogP contribution in [0.15, 0.2) is 29.8 Å². The maximum Gasteiger partial charge on any atom is 0.254 e. The first-order valence-electron chi connectivity index (χ1n) is 6.18. The zero-order chi connectivity index (χ0) is 13.0. The van der Waals surface area contributed by atoms with Gasteiger partial charge in [0.15, 0.2) is 0 Å². The van der Waals surface area contributed by atoms with Gasteiger partial charge in [-0.1, -0.05) is 29.3 Å². The molecule has 0 radical (unpaired) electrons. The number of rotatable bonds is 4. The van der Waals surface area contributed by atoms with E-state index in [0.29, 0.717) is 22.8 Å². The van der Waals surface area contributed by atoms with Crippen molar-refractivity contribution in [2.24, 2.45) is 0 Å². The summed E-state index contributed by atoms with van der Waals surface area (Å²) in [4.78, 5) is 12.0. The highest BCUT2D eigenvalue weighted by atomic mass is 35.5. The lowest BCUT2D eigenvalue weighted by Crippen LogP contribution is -2.25. The molecule has 1 aliphatic rings. The molecule has 18 heavy (non-hydrogen) atoms. The van der Waals surface area contributed by atoms with Crippen LogP contribution in [0.4, 0.5) is 5.69 Å². The minimum atomic E-state index is -0.198. The number of nitrogens with one attached hydrogen (secondary N) is 1. The Morgan fingerprint density at radius 2 is 2.28 bits per heavy atom. The normalized spacial score (nSPS) is 14.4. The molecule has 0 saturated heterocycles. The van der Waals surface area contributed by atoms with Crippen LogP contribution in [0.3, 0.4) is 0 Å². The summed E-state index contributed by atoms with van der Waals surface area (Å²) in [6, 6.07) is 5.09. The Morgan fingerprint density at radius 3 is 2.94 bits per heavy atom. The van der Waals surface area contributed by atoms with Crippen LogP contribution in [0.5, 0.6) is 0 Å². The Balaban J connectivity index is 1.91. The molecular weight excluding hydrogens is 248 g/mol. The third-order valence-electron chi connectivity index (χ3n) is 3.14. The van der Waals surface area contributed by atoms with Gasteiger partial charge in [-0.25, -0.2) is 0 Å². The van der Waals surface area contributed by atoms with Crippen LogP contribution in [0.2, 0.25) is 5.02 Å². The molecule has 3 N–H and O–H groups in total. The van der Waals surface area contributed by atoms with Gasteiger partial charge in [-0.2, -0.15) is 0 Å². The maximum atomic E-state index is 12.0. The molecule has 0 saturated carbocycles. The summed E-state index contributed by atoms with van der Waals surface area (Å²) in [7, 11) is 0. The van der Waals surface area contributed by atoms with E-state index in [1.54, 1.807) is 18.2 Å². The summed E-state index contributed by atoms with van der Waals surface area (Å²) in [6.07, 6.45) is 6.73.